The molecule has 0 radical (unpaired) electrons. The Kier molecular flexibility index (Phi) is 3.72. The van der Waals surface area contributed by atoms with Crippen molar-refractivity contribution in [1.29, 1.82) is 0 Å². The Morgan fingerprint density at radius 2 is 1.50 bits per heavy atom. The van der Waals surface area contributed by atoms with E-state index in [4.69, 9.17) is 4.74 Å². The number of carbonyl (C=O) groups excluding carboxylic acids is 2. The fourth-order valence-corrected chi connectivity index (χ4v) is 5.44. The molecule has 4 heteroatoms. The van der Waals surface area contributed by atoms with Crippen LogP contribution < -0.4 is 0 Å². The molecular weight excluding hydrogens is 355 g/mol. The number of carbonyl (C=O) groups is 2. The molecule has 2 aromatic carbocycles. The van der Waals surface area contributed by atoms with E-state index in [1.165, 1.54) is 12.1 Å². The Morgan fingerprint density at radius 1 is 0.893 bits per heavy atom. The van der Waals surface area contributed by atoms with Gasteiger partial charge in [-0.05, 0) is 66.8 Å². The maximum absolute atomic E-state index is 13.4. The van der Waals surface area contributed by atoms with E-state index in [9.17, 15) is 14.0 Å². The van der Waals surface area contributed by atoms with Gasteiger partial charge in [-0.1, -0.05) is 29.8 Å². The van der Waals surface area contributed by atoms with Gasteiger partial charge in [-0.3, -0.25) is 9.59 Å². The van der Waals surface area contributed by atoms with Crippen LogP contribution in [-0.2, 0) is 14.3 Å². The summed E-state index contributed by atoms with van der Waals surface area (Å²) >= 11 is 0. The van der Waals surface area contributed by atoms with Crippen LogP contribution in [0.1, 0.15) is 33.7 Å². The van der Waals surface area contributed by atoms with Crippen LogP contribution in [0.5, 0.6) is 0 Å². The van der Waals surface area contributed by atoms with E-state index in [0.29, 0.717) is 0 Å². The SMILES string of the molecule is Cc1cc(C)c(C2C(=O)C3C4C=C(c5ccc(F)cc5)C(O4)C3C2=O)c(C)c1. The summed E-state index contributed by atoms with van der Waals surface area (Å²) in [7, 11) is 0. The fourth-order valence-electron chi connectivity index (χ4n) is 5.44. The lowest BCUT2D eigenvalue weighted by molar-refractivity contribution is -0.127. The molecule has 5 rings (SSSR count). The van der Waals surface area contributed by atoms with Crippen molar-refractivity contribution in [3.05, 3.63) is 76.1 Å². The highest BCUT2D eigenvalue weighted by Crippen LogP contribution is 2.54. The second-order valence-corrected chi connectivity index (χ2v) is 8.25. The molecule has 0 aromatic heterocycles. The molecule has 2 heterocycles. The van der Waals surface area contributed by atoms with E-state index >= 15 is 0 Å². The van der Waals surface area contributed by atoms with E-state index < -0.39 is 23.9 Å². The first-order chi connectivity index (χ1) is 13.4. The molecule has 2 aromatic rings. The van der Waals surface area contributed by atoms with Crippen molar-refractivity contribution >= 4 is 17.1 Å². The van der Waals surface area contributed by atoms with Gasteiger partial charge in [-0.25, -0.2) is 4.39 Å². The van der Waals surface area contributed by atoms with Gasteiger partial charge in [0.15, 0.2) is 11.6 Å². The average Bonchev–Trinajstić information content (AvgIpc) is 3.29. The fraction of sp³-hybridized carbons (Fsp3) is 0.333. The summed E-state index contributed by atoms with van der Waals surface area (Å²) in [4.78, 5) is 26.7. The molecule has 1 saturated heterocycles. The first kappa shape index (κ1) is 17.5. The molecule has 5 atom stereocenters. The van der Waals surface area contributed by atoms with Crippen LogP contribution in [0.2, 0.25) is 0 Å². The molecule has 1 aliphatic carbocycles. The highest BCUT2D eigenvalue weighted by molar-refractivity contribution is 6.18. The van der Waals surface area contributed by atoms with E-state index in [1.807, 2.05) is 39.0 Å². The quantitative estimate of drug-likeness (QED) is 0.742. The molecule has 2 bridgehead atoms. The van der Waals surface area contributed by atoms with Crippen molar-refractivity contribution in [3.8, 4) is 0 Å². The van der Waals surface area contributed by atoms with Crippen LogP contribution in [0.25, 0.3) is 5.57 Å². The predicted octanol–water partition coefficient (Wildman–Crippen LogP) is 4.08. The summed E-state index contributed by atoms with van der Waals surface area (Å²) in [5.74, 6) is -1.93. The number of rotatable bonds is 2. The lowest BCUT2D eigenvalue weighted by atomic mass is 9.79. The van der Waals surface area contributed by atoms with Crippen molar-refractivity contribution in [2.24, 2.45) is 11.8 Å². The zero-order chi connectivity index (χ0) is 19.7. The lowest BCUT2D eigenvalue weighted by Gasteiger charge is -2.20. The van der Waals surface area contributed by atoms with Gasteiger partial charge in [0, 0.05) is 0 Å². The molecule has 1 saturated carbocycles. The minimum absolute atomic E-state index is 0.0213. The van der Waals surface area contributed by atoms with Gasteiger partial charge < -0.3 is 4.74 Å². The molecule has 142 valence electrons. The van der Waals surface area contributed by atoms with Crippen molar-refractivity contribution in [1.82, 2.24) is 0 Å². The number of ether oxygens (including phenoxy) is 1. The summed E-state index contributed by atoms with van der Waals surface area (Å²) in [5.41, 5.74) is 5.70. The summed E-state index contributed by atoms with van der Waals surface area (Å²) in [5, 5.41) is 0. The van der Waals surface area contributed by atoms with Crippen LogP contribution in [0, 0.1) is 38.4 Å². The number of halogens is 1. The number of benzene rings is 2. The zero-order valence-electron chi connectivity index (χ0n) is 16.0. The molecule has 28 heavy (non-hydrogen) atoms. The zero-order valence-corrected chi connectivity index (χ0v) is 16.0. The minimum Gasteiger partial charge on any atom is -0.365 e. The highest BCUT2D eigenvalue weighted by atomic mass is 19.1. The summed E-state index contributed by atoms with van der Waals surface area (Å²) in [6, 6.07) is 10.3. The maximum Gasteiger partial charge on any atom is 0.154 e. The maximum atomic E-state index is 13.4. The van der Waals surface area contributed by atoms with Gasteiger partial charge in [-0.2, -0.15) is 0 Å². The third-order valence-electron chi connectivity index (χ3n) is 6.45. The van der Waals surface area contributed by atoms with Gasteiger partial charge in [0.1, 0.15) is 11.7 Å². The third kappa shape index (κ3) is 2.31. The Hall–Kier alpha value is -2.59. The number of fused-ring (bicyclic) bond motifs is 5. The van der Waals surface area contributed by atoms with Gasteiger partial charge in [-0.15, -0.1) is 0 Å². The van der Waals surface area contributed by atoms with Crippen LogP contribution in [0.3, 0.4) is 0 Å². The van der Waals surface area contributed by atoms with Gasteiger partial charge in [0.05, 0.1) is 24.0 Å². The van der Waals surface area contributed by atoms with Crippen molar-refractivity contribution in [2.75, 3.05) is 0 Å². The van der Waals surface area contributed by atoms with E-state index in [2.05, 4.69) is 0 Å². The topological polar surface area (TPSA) is 43.4 Å². The first-order valence-electron chi connectivity index (χ1n) is 9.65. The molecule has 3 nitrogen and oxygen atoms in total. The number of hydrogen-bond donors (Lipinski definition) is 0. The number of aryl methyl sites for hydroxylation is 3. The first-order valence-corrected chi connectivity index (χ1v) is 9.65. The molecular formula is C24H21FO3. The Bertz CT molecular complexity index is 1030. The lowest BCUT2D eigenvalue weighted by Crippen LogP contribution is -2.28. The van der Waals surface area contributed by atoms with Crippen LogP contribution in [-0.4, -0.2) is 23.8 Å². The molecule has 2 fully saturated rings. The van der Waals surface area contributed by atoms with Gasteiger partial charge in [0.2, 0.25) is 0 Å². The standard InChI is InChI=1S/C24H21FO3/c1-11-8-12(2)18(13(3)9-11)20-22(26)19-17-10-16(14-4-6-15(25)7-5-14)24(28-17)21(19)23(20)27/h4-10,17,19-21,24H,1-3H3. The second kappa shape index (κ2) is 5.95. The minimum atomic E-state index is -0.703. The Morgan fingerprint density at radius 3 is 2.14 bits per heavy atom. The summed E-state index contributed by atoms with van der Waals surface area (Å²) in [6.45, 7) is 5.96. The average molecular weight is 376 g/mol. The molecule has 2 aliphatic heterocycles. The van der Waals surface area contributed by atoms with Crippen molar-refractivity contribution in [2.45, 2.75) is 38.9 Å². The summed E-state index contributed by atoms with van der Waals surface area (Å²) in [6.07, 6.45) is 1.15. The molecule has 3 aliphatic rings. The van der Waals surface area contributed by atoms with Crippen molar-refractivity contribution in [3.63, 3.8) is 0 Å². The predicted molar refractivity (Wildman–Crippen MR) is 103 cm³/mol. The largest absolute Gasteiger partial charge is 0.365 e. The van der Waals surface area contributed by atoms with Crippen molar-refractivity contribution < 1.29 is 18.7 Å². The van der Waals surface area contributed by atoms with Gasteiger partial charge >= 0.3 is 0 Å². The summed E-state index contributed by atoms with van der Waals surface area (Å²) < 4.78 is 19.3. The molecule has 0 amide bonds. The normalized spacial score (nSPS) is 30.7. The molecule has 5 unspecified atom stereocenters. The smallest absolute Gasteiger partial charge is 0.154 e. The number of hydrogen-bond acceptors (Lipinski definition) is 3. The second-order valence-electron chi connectivity index (χ2n) is 8.25. The van der Waals surface area contributed by atoms with E-state index in [1.54, 1.807) is 12.1 Å². The Balaban J connectivity index is 1.54. The third-order valence-corrected chi connectivity index (χ3v) is 6.45. The van der Waals surface area contributed by atoms with Crippen LogP contribution in [0.15, 0.2) is 42.5 Å². The van der Waals surface area contributed by atoms with Crippen LogP contribution >= 0.6 is 0 Å². The molecule has 0 N–H and O–H groups in total. The van der Waals surface area contributed by atoms with Gasteiger partial charge in [0.25, 0.3) is 0 Å². The highest BCUT2D eigenvalue weighted by Gasteiger charge is 2.63. The Labute approximate surface area is 163 Å². The molecule has 0 spiro atoms. The van der Waals surface area contributed by atoms with E-state index in [0.717, 1.165) is 33.4 Å². The van der Waals surface area contributed by atoms with E-state index in [-0.39, 0.29) is 23.5 Å². The number of ketones is 2. The monoisotopic (exact) mass is 376 g/mol. The van der Waals surface area contributed by atoms with Crippen LogP contribution in [0.4, 0.5) is 4.39 Å². The number of Topliss-reactive ketones (excluding diaryl/α,β-unsaturated/α-hetero) is 2.